The number of nitrogens with one attached hydrogen (secondary N) is 1. The van der Waals surface area contributed by atoms with Crippen LogP contribution in [0.1, 0.15) is 36.8 Å². The van der Waals surface area contributed by atoms with Crippen LogP contribution in [0.3, 0.4) is 0 Å². The number of nitrogens with zero attached hydrogens (tertiary/aromatic N) is 1. The van der Waals surface area contributed by atoms with E-state index in [0.717, 1.165) is 24.8 Å². The third-order valence-corrected chi connectivity index (χ3v) is 3.48. The summed E-state index contributed by atoms with van der Waals surface area (Å²) in [5.41, 5.74) is 4.54. The second kappa shape index (κ2) is 5.17. The predicted octanol–water partition coefficient (Wildman–Crippen LogP) is 2.79. The lowest BCUT2D eigenvalue weighted by Crippen LogP contribution is -2.45. The Bertz CT molecular complexity index is 515. The summed E-state index contributed by atoms with van der Waals surface area (Å²) >= 11 is 0. The number of amides is 2. The van der Waals surface area contributed by atoms with E-state index >= 15 is 0 Å². The number of anilines is 1. The summed E-state index contributed by atoms with van der Waals surface area (Å²) in [4.78, 5) is 21.7. The van der Waals surface area contributed by atoms with E-state index in [1.165, 1.54) is 5.56 Å². The van der Waals surface area contributed by atoms with Crippen molar-refractivity contribution >= 4 is 17.9 Å². The summed E-state index contributed by atoms with van der Waals surface area (Å²) in [5, 5.41) is 18.3. The van der Waals surface area contributed by atoms with Crippen molar-refractivity contribution < 1.29 is 19.8 Å². The third-order valence-electron chi connectivity index (χ3n) is 3.48. The highest BCUT2D eigenvalue weighted by molar-refractivity contribution is 5.89. The lowest BCUT2D eigenvalue weighted by atomic mass is 9.98. The summed E-state index contributed by atoms with van der Waals surface area (Å²) in [7, 11) is 0. The van der Waals surface area contributed by atoms with Crippen LogP contribution in [0.25, 0.3) is 0 Å². The van der Waals surface area contributed by atoms with Gasteiger partial charge in [0.05, 0.1) is 5.69 Å². The van der Waals surface area contributed by atoms with E-state index in [-0.39, 0.29) is 0 Å². The number of hydrogen-bond donors (Lipinski definition) is 3. The van der Waals surface area contributed by atoms with Gasteiger partial charge in [-0.1, -0.05) is 13.0 Å². The maximum absolute atomic E-state index is 11.1. The van der Waals surface area contributed by atoms with Crippen molar-refractivity contribution in [2.45, 2.75) is 32.1 Å². The van der Waals surface area contributed by atoms with E-state index in [9.17, 15) is 9.59 Å². The Kier molecular flexibility index (Phi) is 3.59. The molecule has 0 spiro atoms. The largest absolute Gasteiger partial charge is 0.464 e. The maximum Gasteiger partial charge on any atom is 0.431 e. The zero-order chi connectivity index (χ0) is 14.0. The first kappa shape index (κ1) is 13.2. The molecular weight excluding hydrogens is 248 g/mol. The maximum atomic E-state index is 11.1. The second-order valence-electron chi connectivity index (χ2n) is 4.56. The van der Waals surface area contributed by atoms with Crippen LogP contribution >= 0.6 is 0 Å². The van der Waals surface area contributed by atoms with E-state index in [2.05, 4.69) is 6.92 Å². The Labute approximate surface area is 110 Å². The van der Waals surface area contributed by atoms with Crippen LogP contribution in [0.15, 0.2) is 18.2 Å². The van der Waals surface area contributed by atoms with Gasteiger partial charge in [0.2, 0.25) is 0 Å². The molecule has 6 nitrogen and oxygen atoms in total. The Balaban J connectivity index is 2.34. The van der Waals surface area contributed by atoms with Gasteiger partial charge >= 0.3 is 12.2 Å². The smallest absolute Gasteiger partial charge is 0.431 e. The van der Waals surface area contributed by atoms with E-state index < -0.39 is 12.2 Å². The molecule has 0 saturated carbocycles. The first-order chi connectivity index (χ1) is 9.02. The number of benzene rings is 1. The van der Waals surface area contributed by atoms with Gasteiger partial charge in [0.1, 0.15) is 0 Å². The van der Waals surface area contributed by atoms with Crippen molar-refractivity contribution in [3.63, 3.8) is 0 Å². The van der Waals surface area contributed by atoms with Crippen LogP contribution < -0.4 is 10.4 Å². The standard InChI is InChI=1S/C13H16N2O4/c1-2-8-3-4-9-5-6-10(7-11(8)9)15(13(18)19)14-12(16)17/h5-8,14H,2-4H2,1H3,(H,16,17)(H,18,19). The van der Waals surface area contributed by atoms with Crippen LogP contribution in [-0.4, -0.2) is 22.4 Å². The van der Waals surface area contributed by atoms with E-state index in [4.69, 9.17) is 10.2 Å². The lowest BCUT2D eigenvalue weighted by Gasteiger charge is -2.19. The van der Waals surface area contributed by atoms with Crippen molar-refractivity contribution in [1.82, 2.24) is 5.43 Å². The minimum absolute atomic E-state index is 0.328. The topological polar surface area (TPSA) is 89.9 Å². The monoisotopic (exact) mass is 264 g/mol. The SMILES string of the molecule is CCC1CCc2ccc(N(NC(=O)O)C(=O)O)cc21. The number of carboxylic acid groups (broad SMARTS) is 2. The van der Waals surface area contributed by atoms with Gasteiger partial charge < -0.3 is 10.2 Å². The highest BCUT2D eigenvalue weighted by atomic mass is 16.4. The molecule has 0 radical (unpaired) electrons. The Morgan fingerprint density at radius 2 is 2.16 bits per heavy atom. The predicted molar refractivity (Wildman–Crippen MR) is 69.5 cm³/mol. The molecule has 0 aromatic heterocycles. The average Bonchev–Trinajstić information content (AvgIpc) is 2.77. The summed E-state index contributed by atoms with van der Waals surface area (Å²) in [6, 6.07) is 5.27. The summed E-state index contributed by atoms with van der Waals surface area (Å²) in [6.45, 7) is 2.09. The van der Waals surface area contributed by atoms with Crippen molar-refractivity contribution in [3.05, 3.63) is 29.3 Å². The molecule has 1 unspecified atom stereocenters. The summed E-state index contributed by atoms with van der Waals surface area (Å²) in [6.07, 6.45) is 0.293. The Morgan fingerprint density at radius 3 is 2.74 bits per heavy atom. The van der Waals surface area contributed by atoms with Crippen LogP contribution in [0, 0.1) is 0 Å². The minimum atomic E-state index is -1.41. The molecule has 0 bridgehead atoms. The van der Waals surface area contributed by atoms with E-state index in [1.807, 2.05) is 11.5 Å². The highest BCUT2D eigenvalue weighted by Gasteiger charge is 2.24. The van der Waals surface area contributed by atoms with Gasteiger partial charge in [-0.2, -0.15) is 5.01 Å². The molecule has 19 heavy (non-hydrogen) atoms. The van der Waals surface area contributed by atoms with Gasteiger partial charge in [-0.15, -0.1) is 0 Å². The fourth-order valence-electron chi connectivity index (χ4n) is 2.56. The van der Waals surface area contributed by atoms with Crippen LogP contribution in [-0.2, 0) is 6.42 Å². The van der Waals surface area contributed by atoms with Crippen molar-refractivity contribution in [2.75, 3.05) is 5.01 Å². The van der Waals surface area contributed by atoms with Crippen LogP contribution in [0.5, 0.6) is 0 Å². The van der Waals surface area contributed by atoms with Gasteiger partial charge in [0.15, 0.2) is 0 Å². The lowest BCUT2D eigenvalue weighted by molar-refractivity contribution is 0.181. The molecule has 1 atom stereocenters. The molecule has 3 N–H and O–H groups in total. The quantitative estimate of drug-likeness (QED) is 0.716. The van der Waals surface area contributed by atoms with Crippen molar-refractivity contribution in [2.24, 2.45) is 0 Å². The van der Waals surface area contributed by atoms with Gasteiger partial charge in [0, 0.05) is 0 Å². The zero-order valence-corrected chi connectivity index (χ0v) is 10.6. The fourth-order valence-corrected chi connectivity index (χ4v) is 2.56. The van der Waals surface area contributed by atoms with Crippen LogP contribution in [0.2, 0.25) is 0 Å². The minimum Gasteiger partial charge on any atom is -0.464 e. The molecule has 0 saturated heterocycles. The number of rotatable bonds is 2. The Morgan fingerprint density at radius 1 is 1.42 bits per heavy atom. The molecule has 0 fully saturated rings. The second-order valence-corrected chi connectivity index (χ2v) is 4.56. The molecule has 2 rings (SSSR count). The molecule has 102 valence electrons. The molecule has 1 aliphatic carbocycles. The molecule has 2 amide bonds. The number of hydrogen-bond acceptors (Lipinski definition) is 2. The molecule has 0 heterocycles. The highest BCUT2D eigenvalue weighted by Crippen LogP contribution is 2.37. The molecule has 1 aromatic carbocycles. The summed E-state index contributed by atoms with van der Waals surface area (Å²) < 4.78 is 0. The molecule has 6 heteroatoms. The van der Waals surface area contributed by atoms with Crippen LogP contribution in [0.4, 0.5) is 15.3 Å². The summed E-state index contributed by atoms with van der Waals surface area (Å²) in [5.74, 6) is 0.426. The Hall–Kier alpha value is -2.24. The fraction of sp³-hybridized carbons (Fsp3) is 0.385. The normalized spacial score (nSPS) is 16.8. The molecule has 1 aromatic rings. The number of hydrazine groups is 1. The first-order valence-electron chi connectivity index (χ1n) is 6.18. The molecule has 0 aliphatic heterocycles. The zero-order valence-electron chi connectivity index (χ0n) is 10.6. The van der Waals surface area contributed by atoms with E-state index in [0.29, 0.717) is 16.6 Å². The van der Waals surface area contributed by atoms with Gasteiger partial charge in [-0.25, -0.2) is 15.0 Å². The molecule has 1 aliphatic rings. The first-order valence-corrected chi connectivity index (χ1v) is 6.18. The average molecular weight is 264 g/mol. The van der Waals surface area contributed by atoms with E-state index in [1.54, 1.807) is 12.1 Å². The molecular formula is C13H16N2O4. The van der Waals surface area contributed by atoms with Gasteiger partial charge in [-0.05, 0) is 48.4 Å². The number of carbonyl (C=O) groups is 2. The van der Waals surface area contributed by atoms with Gasteiger partial charge in [-0.3, -0.25) is 0 Å². The van der Waals surface area contributed by atoms with Gasteiger partial charge in [0.25, 0.3) is 0 Å². The van der Waals surface area contributed by atoms with Crippen molar-refractivity contribution in [3.8, 4) is 0 Å². The van der Waals surface area contributed by atoms with Crippen molar-refractivity contribution in [1.29, 1.82) is 0 Å². The number of aryl methyl sites for hydroxylation is 1. The number of fused-ring (bicyclic) bond motifs is 1. The third kappa shape index (κ3) is 2.62.